The van der Waals surface area contributed by atoms with Gasteiger partial charge in [-0.25, -0.2) is 0 Å². The maximum Gasteiger partial charge on any atom is 0.143 e. The van der Waals surface area contributed by atoms with E-state index in [0.29, 0.717) is 0 Å². The van der Waals surface area contributed by atoms with Gasteiger partial charge in [0, 0.05) is 5.56 Å². The Morgan fingerprint density at radius 3 is 2.74 bits per heavy atom. The summed E-state index contributed by atoms with van der Waals surface area (Å²) >= 11 is 0. The van der Waals surface area contributed by atoms with Gasteiger partial charge >= 0.3 is 0 Å². The maximum absolute atomic E-state index is 6.36. The van der Waals surface area contributed by atoms with Gasteiger partial charge in [-0.15, -0.1) is 0 Å². The minimum Gasteiger partial charge on any atom is -0.496 e. The third-order valence-electron chi connectivity index (χ3n) is 5.83. The molecular weight excluding hydrogens is 332 g/mol. The Morgan fingerprint density at radius 1 is 1.19 bits per heavy atom. The van der Waals surface area contributed by atoms with E-state index in [4.69, 9.17) is 9.47 Å². The van der Waals surface area contributed by atoms with Crippen LogP contribution in [0.3, 0.4) is 0 Å². The Kier molecular flexibility index (Phi) is 4.38. The van der Waals surface area contributed by atoms with Crippen LogP contribution in [0.5, 0.6) is 11.5 Å². The lowest BCUT2D eigenvalue weighted by atomic mass is 9.76. The molecule has 0 spiro atoms. The molecule has 0 saturated heterocycles. The van der Waals surface area contributed by atoms with Crippen LogP contribution in [-0.4, -0.2) is 7.11 Å². The Hall–Kier alpha value is -2.48. The van der Waals surface area contributed by atoms with E-state index in [1.165, 1.54) is 40.7 Å². The molecule has 0 fully saturated rings. The van der Waals surface area contributed by atoms with E-state index < -0.39 is 0 Å². The second kappa shape index (κ2) is 6.60. The van der Waals surface area contributed by atoms with Crippen molar-refractivity contribution in [3.8, 4) is 22.6 Å². The summed E-state index contributed by atoms with van der Waals surface area (Å²) in [4.78, 5) is 0. The fraction of sp³-hybridized carbons (Fsp3) is 0.360. The van der Waals surface area contributed by atoms with Gasteiger partial charge in [0.1, 0.15) is 17.6 Å². The largest absolute Gasteiger partial charge is 0.496 e. The molecular formula is C25H28O2. The molecule has 0 saturated carbocycles. The van der Waals surface area contributed by atoms with Crippen molar-refractivity contribution in [3.63, 3.8) is 0 Å². The van der Waals surface area contributed by atoms with Crippen LogP contribution in [0.25, 0.3) is 16.7 Å². The van der Waals surface area contributed by atoms with Gasteiger partial charge in [0.25, 0.3) is 0 Å². The van der Waals surface area contributed by atoms with Crippen LogP contribution in [0.1, 0.15) is 56.4 Å². The number of hydrogen-bond acceptors (Lipinski definition) is 2. The fourth-order valence-corrected chi connectivity index (χ4v) is 4.72. The van der Waals surface area contributed by atoms with Crippen molar-refractivity contribution in [2.24, 2.45) is 5.41 Å². The van der Waals surface area contributed by atoms with E-state index in [9.17, 15) is 0 Å². The molecule has 1 unspecified atom stereocenters. The summed E-state index contributed by atoms with van der Waals surface area (Å²) in [6.07, 6.45) is 7.70. The Morgan fingerprint density at radius 2 is 2.00 bits per heavy atom. The zero-order valence-corrected chi connectivity index (χ0v) is 16.8. The van der Waals surface area contributed by atoms with E-state index in [-0.39, 0.29) is 11.5 Å². The van der Waals surface area contributed by atoms with Crippen LogP contribution in [-0.2, 0) is 6.42 Å². The summed E-state index contributed by atoms with van der Waals surface area (Å²) in [6, 6.07) is 10.5. The van der Waals surface area contributed by atoms with Crippen LogP contribution in [0.4, 0.5) is 0 Å². The number of allylic oxidation sites excluding steroid dienone is 2. The van der Waals surface area contributed by atoms with Crippen LogP contribution < -0.4 is 9.47 Å². The van der Waals surface area contributed by atoms with Crippen molar-refractivity contribution in [1.82, 2.24) is 0 Å². The van der Waals surface area contributed by atoms with Crippen molar-refractivity contribution in [2.75, 3.05) is 7.11 Å². The molecule has 27 heavy (non-hydrogen) atoms. The number of methoxy groups -OCH3 is 1. The number of fused-ring (bicyclic) bond motifs is 5. The number of hydrogen-bond donors (Lipinski definition) is 0. The first kappa shape index (κ1) is 17.9. The van der Waals surface area contributed by atoms with Gasteiger partial charge in [-0.05, 0) is 72.1 Å². The quantitative estimate of drug-likeness (QED) is 0.552. The molecule has 2 aromatic carbocycles. The third kappa shape index (κ3) is 2.97. The van der Waals surface area contributed by atoms with E-state index >= 15 is 0 Å². The summed E-state index contributed by atoms with van der Waals surface area (Å²) in [5.74, 6) is 1.71. The van der Waals surface area contributed by atoms with E-state index in [1.807, 2.05) is 24.3 Å². The van der Waals surface area contributed by atoms with E-state index in [2.05, 4.69) is 45.6 Å². The zero-order chi connectivity index (χ0) is 19.2. The lowest BCUT2D eigenvalue weighted by Gasteiger charge is -2.33. The van der Waals surface area contributed by atoms with Gasteiger partial charge in [-0.2, -0.15) is 0 Å². The van der Waals surface area contributed by atoms with Gasteiger partial charge in [0.2, 0.25) is 0 Å². The van der Waals surface area contributed by atoms with Crippen LogP contribution >= 0.6 is 0 Å². The standard InChI is InChI=1S/C25H28O2/c1-6-19-24-18(23-20(26-5)10-7-11-21(23)27-19)13-12-17-9-8-14-25(3,4)15-16(2)22(17)24/h6-7,10-13,15,19H,1,8-9,14H2,2-5H3/b16-15-. The van der Waals surface area contributed by atoms with Gasteiger partial charge in [-0.3, -0.25) is 0 Å². The van der Waals surface area contributed by atoms with Gasteiger partial charge in [0.15, 0.2) is 0 Å². The van der Waals surface area contributed by atoms with Gasteiger partial charge in [-0.1, -0.05) is 44.7 Å². The molecule has 0 bridgehead atoms. The highest BCUT2D eigenvalue weighted by atomic mass is 16.5. The molecule has 0 N–H and O–H groups in total. The van der Waals surface area contributed by atoms with E-state index in [0.717, 1.165) is 23.5 Å². The summed E-state index contributed by atoms with van der Waals surface area (Å²) in [5, 5.41) is 0. The van der Waals surface area contributed by atoms with Crippen molar-refractivity contribution in [1.29, 1.82) is 0 Å². The summed E-state index contributed by atoms with van der Waals surface area (Å²) in [7, 11) is 1.72. The molecule has 140 valence electrons. The number of ether oxygens (including phenoxy) is 2. The first-order valence-corrected chi connectivity index (χ1v) is 9.77. The first-order valence-electron chi connectivity index (χ1n) is 9.77. The molecule has 0 radical (unpaired) electrons. The van der Waals surface area contributed by atoms with Gasteiger partial charge in [0.05, 0.1) is 12.7 Å². The Labute approximate surface area is 162 Å². The minimum atomic E-state index is -0.152. The highest BCUT2D eigenvalue weighted by Gasteiger charge is 2.31. The Bertz CT molecular complexity index is 934. The number of benzene rings is 2. The average molecular weight is 360 g/mol. The predicted octanol–water partition coefficient (Wildman–Crippen LogP) is 6.75. The summed E-state index contributed by atoms with van der Waals surface area (Å²) < 4.78 is 12.0. The molecule has 0 amide bonds. The van der Waals surface area contributed by atoms with Crippen molar-refractivity contribution in [3.05, 3.63) is 65.8 Å². The Balaban J connectivity index is 2.04. The highest BCUT2D eigenvalue weighted by Crippen LogP contribution is 2.50. The number of rotatable bonds is 2. The lowest BCUT2D eigenvalue weighted by Crippen LogP contribution is -2.18. The fourth-order valence-electron chi connectivity index (χ4n) is 4.72. The SMILES string of the molecule is C=CC1Oc2cccc(OC)c2-c2ccc3c(c21)/C(C)=C\C(C)(C)CCC3. The number of aryl methyl sites for hydroxylation is 1. The maximum atomic E-state index is 6.36. The molecule has 2 nitrogen and oxygen atoms in total. The molecule has 0 aromatic heterocycles. The van der Waals surface area contributed by atoms with Crippen molar-refractivity contribution < 1.29 is 9.47 Å². The zero-order valence-electron chi connectivity index (χ0n) is 16.8. The highest BCUT2D eigenvalue weighted by molar-refractivity contribution is 5.86. The van der Waals surface area contributed by atoms with Crippen LogP contribution in [0, 0.1) is 5.41 Å². The predicted molar refractivity (Wildman–Crippen MR) is 112 cm³/mol. The van der Waals surface area contributed by atoms with E-state index in [1.54, 1.807) is 7.11 Å². The summed E-state index contributed by atoms with van der Waals surface area (Å²) in [6.45, 7) is 11.0. The lowest BCUT2D eigenvalue weighted by molar-refractivity contribution is 0.250. The van der Waals surface area contributed by atoms with Gasteiger partial charge < -0.3 is 9.47 Å². The first-order chi connectivity index (χ1) is 12.9. The monoisotopic (exact) mass is 360 g/mol. The molecule has 2 aromatic rings. The minimum absolute atomic E-state index is 0.152. The summed E-state index contributed by atoms with van der Waals surface area (Å²) in [5.41, 5.74) is 7.76. The third-order valence-corrected chi connectivity index (χ3v) is 5.83. The molecule has 1 atom stereocenters. The second-order valence-electron chi connectivity index (χ2n) is 8.34. The normalized spacial score (nSPS) is 21.9. The molecule has 1 aliphatic carbocycles. The van der Waals surface area contributed by atoms with Crippen LogP contribution in [0.2, 0.25) is 0 Å². The molecule has 2 aliphatic rings. The molecule has 1 aliphatic heterocycles. The molecule has 1 heterocycles. The van der Waals surface area contributed by atoms with Crippen molar-refractivity contribution in [2.45, 2.75) is 46.1 Å². The molecule has 4 rings (SSSR count). The second-order valence-corrected chi connectivity index (χ2v) is 8.34. The molecule has 2 heteroatoms. The smallest absolute Gasteiger partial charge is 0.143 e. The van der Waals surface area contributed by atoms with Crippen molar-refractivity contribution >= 4 is 5.57 Å². The average Bonchev–Trinajstić information content (AvgIpc) is 2.64. The van der Waals surface area contributed by atoms with Crippen LogP contribution in [0.15, 0.2) is 49.1 Å². The topological polar surface area (TPSA) is 18.5 Å².